The molecule has 1 rings (SSSR count). The molecule has 0 saturated heterocycles. The Kier molecular flexibility index (Phi) is 6.19. The van der Waals surface area contributed by atoms with E-state index in [0.29, 0.717) is 6.54 Å². The van der Waals surface area contributed by atoms with Gasteiger partial charge < -0.3 is 15.5 Å². The van der Waals surface area contributed by atoms with Crippen LogP contribution in [0.1, 0.15) is 37.0 Å². The molecule has 0 saturated carbocycles. The summed E-state index contributed by atoms with van der Waals surface area (Å²) in [6.07, 6.45) is 1.87. The molecule has 0 spiro atoms. The van der Waals surface area contributed by atoms with Crippen molar-refractivity contribution in [2.75, 3.05) is 13.6 Å². The van der Waals surface area contributed by atoms with Gasteiger partial charge in [-0.15, -0.1) is 0 Å². The van der Waals surface area contributed by atoms with Crippen LogP contribution in [0.2, 0.25) is 0 Å². The summed E-state index contributed by atoms with van der Waals surface area (Å²) in [6, 6.07) is 7.85. The van der Waals surface area contributed by atoms with Gasteiger partial charge in [-0.3, -0.25) is 0 Å². The Bertz CT molecular complexity index is 311. The largest absolute Gasteiger partial charge is 0.389 e. The highest BCUT2D eigenvalue weighted by molar-refractivity contribution is 5.25. The van der Waals surface area contributed by atoms with Crippen LogP contribution >= 0.6 is 0 Å². The maximum Gasteiger partial charge on any atom is 0.106 e. The number of hydrogen-bond donors (Lipinski definition) is 3. The number of nitrogens with one attached hydrogen (secondary N) is 1. The Hall–Kier alpha value is -0.900. The van der Waals surface area contributed by atoms with Gasteiger partial charge in [0, 0.05) is 6.54 Å². The molecule has 0 aromatic heterocycles. The van der Waals surface area contributed by atoms with Crippen LogP contribution in [-0.4, -0.2) is 29.9 Å². The maximum absolute atomic E-state index is 9.90. The highest BCUT2D eigenvalue weighted by Gasteiger charge is 2.16. The molecule has 0 heterocycles. The van der Waals surface area contributed by atoms with Gasteiger partial charge in [-0.25, -0.2) is 0 Å². The molecule has 0 amide bonds. The van der Waals surface area contributed by atoms with Crippen LogP contribution in [0.25, 0.3) is 0 Å². The standard InChI is InChI=1S/C14H23NO2/c1-3-4-5-11-6-8-12(9-7-11)14(17)13(16)10-15-2/h6-9,13-17H,3-5,10H2,1-2H3. The zero-order chi connectivity index (χ0) is 12.7. The zero-order valence-electron chi connectivity index (χ0n) is 10.7. The number of aliphatic hydroxyl groups is 2. The number of aryl methyl sites for hydroxylation is 1. The molecule has 3 N–H and O–H groups in total. The highest BCUT2D eigenvalue weighted by atomic mass is 16.3. The van der Waals surface area contributed by atoms with Crippen LogP contribution in [0.15, 0.2) is 24.3 Å². The Balaban J connectivity index is 2.60. The highest BCUT2D eigenvalue weighted by Crippen LogP contribution is 2.18. The van der Waals surface area contributed by atoms with Crippen molar-refractivity contribution >= 4 is 0 Å². The van der Waals surface area contributed by atoms with Gasteiger partial charge in [0.1, 0.15) is 6.10 Å². The average Bonchev–Trinajstić information content (AvgIpc) is 2.36. The molecular formula is C14H23NO2. The van der Waals surface area contributed by atoms with E-state index in [1.165, 1.54) is 18.4 Å². The summed E-state index contributed by atoms with van der Waals surface area (Å²) < 4.78 is 0. The Morgan fingerprint density at radius 3 is 2.35 bits per heavy atom. The minimum Gasteiger partial charge on any atom is -0.389 e. The lowest BCUT2D eigenvalue weighted by molar-refractivity contribution is 0.0202. The lowest BCUT2D eigenvalue weighted by Gasteiger charge is -2.18. The normalized spacial score (nSPS) is 14.6. The summed E-state index contributed by atoms with van der Waals surface area (Å²) in [5.41, 5.74) is 2.05. The first-order chi connectivity index (χ1) is 8.19. The zero-order valence-corrected chi connectivity index (χ0v) is 10.7. The van der Waals surface area contributed by atoms with Crippen molar-refractivity contribution in [3.05, 3.63) is 35.4 Å². The van der Waals surface area contributed by atoms with Gasteiger partial charge >= 0.3 is 0 Å². The molecule has 2 atom stereocenters. The molecule has 0 radical (unpaired) electrons. The Labute approximate surface area is 103 Å². The van der Waals surface area contributed by atoms with Gasteiger partial charge in [-0.1, -0.05) is 37.6 Å². The topological polar surface area (TPSA) is 52.5 Å². The van der Waals surface area contributed by atoms with E-state index in [1.807, 2.05) is 24.3 Å². The first-order valence-electron chi connectivity index (χ1n) is 6.28. The molecule has 1 aromatic rings. The summed E-state index contributed by atoms with van der Waals surface area (Å²) in [5, 5.41) is 22.4. The predicted octanol–water partition coefficient (Wildman–Crippen LogP) is 1.64. The molecule has 0 bridgehead atoms. The lowest BCUT2D eigenvalue weighted by atomic mass is 10.0. The van der Waals surface area contributed by atoms with Crippen LogP contribution in [0.5, 0.6) is 0 Å². The SMILES string of the molecule is CCCCc1ccc(C(O)C(O)CNC)cc1. The fraction of sp³-hybridized carbons (Fsp3) is 0.571. The molecule has 2 unspecified atom stereocenters. The van der Waals surface area contributed by atoms with E-state index in [1.54, 1.807) is 7.05 Å². The lowest BCUT2D eigenvalue weighted by Crippen LogP contribution is -2.29. The van der Waals surface area contributed by atoms with Gasteiger partial charge in [0.2, 0.25) is 0 Å². The van der Waals surface area contributed by atoms with Crippen LogP contribution < -0.4 is 5.32 Å². The molecule has 3 nitrogen and oxygen atoms in total. The third-order valence-corrected chi connectivity index (χ3v) is 2.92. The van der Waals surface area contributed by atoms with Gasteiger partial charge in [0.15, 0.2) is 0 Å². The van der Waals surface area contributed by atoms with Crippen molar-refractivity contribution in [2.45, 2.75) is 38.4 Å². The molecule has 96 valence electrons. The summed E-state index contributed by atoms with van der Waals surface area (Å²) in [7, 11) is 1.75. The first kappa shape index (κ1) is 14.2. The summed E-state index contributed by atoms with van der Waals surface area (Å²) in [6.45, 7) is 2.56. The smallest absolute Gasteiger partial charge is 0.106 e. The Morgan fingerprint density at radius 2 is 1.82 bits per heavy atom. The number of hydrogen-bond acceptors (Lipinski definition) is 3. The average molecular weight is 237 g/mol. The van der Waals surface area contributed by atoms with E-state index in [4.69, 9.17) is 0 Å². The molecule has 0 aliphatic rings. The Morgan fingerprint density at radius 1 is 1.18 bits per heavy atom. The van der Waals surface area contributed by atoms with E-state index in [2.05, 4.69) is 12.2 Å². The van der Waals surface area contributed by atoms with Gasteiger partial charge in [-0.2, -0.15) is 0 Å². The van der Waals surface area contributed by atoms with E-state index in [9.17, 15) is 10.2 Å². The molecule has 0 aliphatic heterocycles. The second-order valence-corrected chi connectivity index (χ2v) is 4.41. The molecular weight excluding hydrogens is 214 g/mol. The van der Waals surface area contributed by atoms with E-state index >= 15 is 0 Å². The number of unbranched alkanes of at least 4 members (excludes halogenated alkanes) is 1. The third kappa shape index (κ3) is 4.46. The van der Waals surface area contributed by atoms with E-state index in [0.717, 1.165) is 12.0 Å². The second kappa shape index (κ2) is 7.43. The van der Waals surface area contributed by atoms with Gasteiger partial charge in [-0.05, 0) is 31.0 Å². The minimum absolute atomic E-state index is 0.388. The van der Waals surface area contributed by atoms with E-state index in [-0.39, 0.29) is 0 Å². The fourth-order valence-electron chi connectivity index (χ4n) is 1.81. The first-order valence-corrected chi connectivity index (χ1v) is 6.28. The molecule has 17 heavy (non-hydrogen) atoms. The van der Waals surface area contributed by atoms with Crippen LogP contribution in [0, 0.1) is 0 Å². The number of rotatable bonds is 7. The summed E-state index contributed by atoms with van der Waals surface area (Å²) >= 11 is 0. The number of likely N-dealkylation sites (N-methyl/N-ethyl adjacent to an activating group) is 1. The third-order valence-electron chi connectivity index (χ3n) is 2.92. The van der Waals surface area contributed by atoms with Crippen molar-refractivity contribution in [1.29, 1.82) is 0 Å². The van der Waals surface area contributed by atoms with Crippen LogP contribution in [0.4, 0.5) is 0 Å². The van der Waals surface area contributed by atoms with Crippen molar-refractivity contribution in [3.8, 4) is 0 Å². The number of aliphatic hydroxyl groups excluding tert-OH is 2. The van der Waals surface area contributed by atoms with Crippen molar-refractivity contribution < 1.29 is 10.2 Å². The molecule has 0 fully saturated rings. The molecule has 0 aliphatic carbocycles. The molecule has 1 aromatic carbocycles. The van der Waals surface area contributed by atoms with E-state index < -0.39 is 12.2 Å². The predicted molar refractivity (Wildman–Crippen MR) is 69.9 cm³/mol. The van der Waals surface area contributed by atoms with Crippen molar-refractivity contribution in [1.82, 2.24) is 5.32 Å². The van der Waals surface area contributed by atoms with Crippen molar-refractivity contribution in [2.24, 2.45) is 0 Å². The quantitative estimate of drug-likeness (QED) is 0.676. The molecule has 3 heteroatoms. The monoisotopic (exact) mass is 237 g/mol. The van der Waals surface area contributed by atoms with Gasteiger partial charge in [0.05, 0.1) is 6.10 Å². The van der Waals surface area contributed by atoms with Crippen LogP contribution in [-0.2, 0) is 6.42 Å². The maximum atomic E-state index is 9.90. The number of benzene rings is 1. The summed E-state index contributed by atoms with van der Waals surface area (Å²) in [4.78, 5) is 0. The summed E-state index contributed by atoms with van der Waals surface area (Å²) in [5.74, 6) is 0. The van der Waals surface area contributed by atoms with Crippen LogP contribution in [0.3, 0.4) is 0 Å². The van der Waals surface area contributed by atoms with Crippen molar-refractivity contribution in [3.63, 3.8) is 0 Å². The fourth-order valence-corrected chi connectivity index (χ4v) is 1.81. The minimum atomic E-state index is -0.817. The van der Waals surface area contributed by atoms with Gasteiger partial charge in [0.25, 0.3) is 0 Å². The second-order valence-electron chi connectivity index (χ2n) is 4.41.